The van der Waals surface area contributed by atoms with Crippen LogP contribution in [0.3, 0.4) is 0 Å². The minimum atomic E-state index is -3.69. The Morgan fingerprint density at radius 1 is 0.857 bits per heavy atom. The number of nitrogens with zero attached hydrogens (tertiary/aromatic N) is 1. The maximum atomic E-state index is 13.6. The fraction of sp³-hybridized carbons (Fsp3) is 0.265. The number of esters is 1. The molecule has 0 heterocycles. The van der Waals surface area contributed by atoms with E-state index in [2.05, 4.69) is 0 Å². The zero-order chi connectivity index (χ0) is 30.3. The Balaban J connectivity index is 1.40. The molecule has 1 fully saturated rings. The number of carbonyl (C=O) groups excluding carboxylic acids is 1. The number of rotatable bonds is 9. The van der Waals surface area contributed by atoms with Crippen LogP contribution in [0.1, 0.15) is 52.0 Å². The maximum absolute atomic E-state index is 13.6. The summed E-state index contributed by atoms with van der Waals surface area (Å²) in [6, 6.07) is 19.1. The molecule has 0 aromatic heterocycles. The van der Waals surface area contributed by atoms with E-state index in [-0.39, 0.29) is 10.6 Å². The standard InChI is InChI=1S/C34H35NO6S/c1-24(20-25(2)21-26(3)22-27-13-16-30(17-14-27)35(37)38)12-19-34(36)41-32-10-6-7-11-33(32)42(39,40)31-18-15-28-8-4-5-9-29(28)23-31/h4-5,8-9,12-23,32-33H,6-7,10-11H2,1-3H3/b19-12+,24-20-,25-21-,26-22+/t32-,33-/m1/s1. The number of non-ortho nitro benzene ring substituents is 1. The van der Waals surface area contributed by atoms with E-state index in [0.29, 0.717) is 12.8 Å². The predicted molar refractivity (Wildman–Crippen MR) is 167 cm³/mol. The minimum absolute atomic E-state index is 0.0472. The van der Waals surface area contributed by atoms with Crippen LogP contribution < -0.4 is 0 Å². The van der Waals surface area contributed by atoms with Gasteiger partial charge in [-0.25, -0.2) is 13.2 Å². The van der Waals surface area contributed by atoms with Crippen molar-refractivity contribution in [1.82, 2.24) is 0 Å². The van der Waals surface area contributed by atoms with Gasteiger partial charge in [-0.1, -0.05) is 77.8 Å². The number of nitro benzene ring substituents is 1. The molecular weight excluding hydrogens is 550 g/mol. The molecule has 0 aliphatic heterocycles. The largest absolute Gasteiger partial charge is 0.458 e. The second-order valence-electron chi connectivity index (χ2n) is 10.7. The van der Waals surface area contributed by atoms with Crippen LogP contribution in [-0.2, 0) is 19.4 Å². The van der Waals surface area contributed by atoms with Crippen LogP contribution in [0.25, 0.3) is 16.8 Å². The Hall–Kier alpha value is -4.30. The molecule has 1 aliphatic carbocycles. The lowest BCUT2D eigenvalue weighted by molar-refractivity contribution is -0.384. The number of ether oxygens (including phenoxy) is 1. The summed E-state index contributed by atoms with van der Waals surface area (Å²) in [5.74, 6) is -0.566. The van der Waals surface area contributed by atoms with Crippen molar-refractivity contribution in [2.45, 2.75) is 62.7 Å². The highest BCUT2D eigenvalue weighted by Gasteiger charge is 2.38. The quantitative estimate of drug-likeness (QED) is 0.0830. The van der Waals surface area contributed by atoms with Gasteiger partial charge in [0.2, 0.25) is 0 Å². The second kappa shape index (κ2) is 13.6. The SMILES string of the molecule is CC(=C/C(C)=C/c1ccc([N+](=O)[O-])cc1)/C=C(C)\C=C\C(=O)O[C@@H]1CCCC[C@H]1S(=O)(=O)c1ccc2ccccc2c1. The summed E-state index contributed by atoms with van der Waals surface area (Å²) in [5.41, 5.74) is 3.65. The van der Waals surface area contributed by atoms with Gasteiger partial charge in [0, 0.05) is 18.2 Å². The third-order valence-electron chi connectivity index (χ3n) is 7.25. The Morgan fingerprint density at radius 2 is 1.52 bits per heavy atom. The number of carbonyl (C=O) groups is 1. The summed E-state index contributed by atoms with van der Waals surface area (Å²) in [6.07, 6.45) is 10.7. The summed E-state index contributed by atoms with van der Waals surface area (Å²) in [4.78, 5) is 23.4. The first-order valence-electron chi connectivity index (χ1n) is 13.9. The molecule has 8 heteroatoms. The highest BCUT2D eigenvalue weighted by atomic mass is 32.2. The summed E-state index contributed by atoms with van der Waals surface area (Å²) in [7, 11) is -3.69. The first-order chi connectivity index (χ1) is 20.0. The predicted octanol–water partition coefficient (Wildman–Crippen LogP) is 7.93. The van der Waals surface area contributed by atoms with E-state index < -0.39 is 32.1 Å². The van der Waals surface area contributed by atoms with E-state index in [1.54, 1.807) is 30.3 Å². The van der Waals surface area contributed by atoms with Crippen molar-refractivity contribution in [2.75, 3.05) is 0 Å². The number of fused-ring (bicyclic) bond motifs is 1. The third-order valence-corrected chi connectivity index (χ3v) is 9.50. The van der Waals surface area contributed by atoms with Crippen molar-refractivity contribution < 1.29 is 22.9 Å². The first-order valence-corrected chi connectivity index (χ1v) is 15.5. The van der Waals surface area contributed by atoms with E-state index >= 15 is 0 Å². The number of hydrogen-bond donors (Lipinski definition) is 0. The van der Waals surface area contributed by atoms with Gasteiger partial charge >= 0.3 is 5.97 Å². The van der Waals surface area contributed by atoms with Crippen molar-refractivity contribution in [3.8, 4) is 0 Å². The van der Waals surface area contributed by atoms with Crippen molar-refractivity contribution >= 4 is 38.3 Å². The van der Waals surface area contributed by atoms with Gasteiger partial charge in [-0.2, -0.15) is 0 Å². The fourth-order valence-electron chi connectivity index (χ4n) is 5.26. The van der Waals surface area contributed by atoms with Gasteiger partial charge in [0.15, 0.2) is 9.84 Å². The second-order valence-corrected chi connectivity index (χ2v) is 12.9. The molecule has 1 saturated carbocycles. The number of allylic oxidation sites excluding steroid dienone is 6. The van der Waals surface area contributed by atoms with E-state index in [1.165, 1.54) is 18.2 Å². The average molecular weight is 586 g/mol. The van der Waals surface area contributed by atoms with Gasteiger partial charge in [-0.15, -0.1) is 0 Å². The van der Waals surface area contributed by atoms with Crippen molar-refractivity contribution in [1.29, 1.82) is 0 Å². The minimum Gasteiger partial charge on any atom is -0.458 e. The van der Waals surface area contributed by atoms with Crippen molar-refractivity contribution in [3.63, 3.8) is 0 Å². The molecule has 218 valence electrons. The third kappa shape index (κ3) is 7.91. The van der Waals surface area contributed by atoms with E-state index in [1.807, 2.05) is 69.3 Å². The number of hydrogen-bond acceptors (Lipinski definition) is 6. The smallest absolute Gasteiger partial charge is 0.331 e. The number of nitro groups is 1. The summed E-state index contributed by atoms with van der Waals surface area (Å²) >= 11 is 0. The van der Waals surface area contributed by atoms with Crippen LogP contribution in [0.4, 0.5) is 5.69 Å². The molecule has 7 nitrogen and oxygen atoms in total. The van der Waals surface area contributed by atoms with Crippen LogP contribution in [0, 0.1) is 10.1 Å². The lowest BCUT2D eigenvalue weighted by atomic mass is 9.97. The molecular formula is C34H35NO6S. The molecule has 4 rings (SSSR count). The average Bonchev–Trinajstić information content (AvgIpc) is 2.96. The molecule has 2 atom stereocenters. The zero-order valence-electron chi connectivity index (χ0n) is 24.0. The van der Waals surface area contributed by atoms with Gasteiger partial charge < -0.3 is 4.74 Å². The molecule has 0 N–H and O–H groups in total. The van der Waals surface area contributed by atoms with Gasteiger partial charge in [0.1, 0.15) is 11.4 Å². The Bertz CT molecular complexity index is 1700. The molecule has 1 aliphatic rings. The van der Waals surface area contributed by atoms with E-state index in [0.717, 1.165) is 45.9 Å². The molecule has 0 spiro atoms. The van der Waals surface area contributed by atoms with E-state index in [9.17, 15) is 23.3 Å². The van der Waals surface area contributed by atoms with Crippen LogP contribution in [0.2, 0.25) is 0 Å². The molecule has 0 bridgehead atoms. The highest BCUT2D eigenvalue weighted by Crippen LogP contribution is 2.32. The molecule has 3 aromatic rings. The Morgan fingerprint density at radius 3 is 2.24 bits per heavy atom. The van der Waals surface area contributed by atoms with Crippen LogP contribution in [0.5, 0.6) is 0 Å². The van der Waals surface area contributed by atoms with Crippen molar-refractivity contribution in [2.24, 2.45) is 0 Å². The molecule has 0 unspecified atom stereocenters. The molecule has 0 radical (unpaired) electrons. The lowest BCUT2D eigenvalue weighted by Crippen LogP contribution is -2.39. The lowest BCUT2D eigenvalue weighted by Gasteiger charge is -2.30. The summed E-state index contributed by atoms with van der Waals surface area (Å²) in [6.45, 7) is 5.74. The summed E-state index contributed by atoms with van der Waals surface area (Å²) < 4.78 is 32.9. The van der Waals surface area contributed by atoms with Crippen molar-refractivity contribution in [3.05, 3.63) is 123 Å². The van der Waals surface area contributed by atoms with Gasteiger partial charge in [-0.05, 0) is 80.6 Å². The highest BCUT2D eigenvalue weighted by molar-refractivity contribution is 7.92. The maximum Gasteiger partial charge on any atom is 0.331 e. The molecule has 3 aromatic carbocycles. The van der Waals surface area contributed by atoms with Gasteiger partial charge in [0.25, 0.3) is 5.69 Å². The number of benzene rings is 3. The molecule has 42 heavy (non-hydrogen) atoms. The van der Waals surface area contributed by atoms with Gasteiger partial charge in [0.05, 0.1) is 9.82 Å². The van der Waals surface area contributed by atoms with Crippen LogP contribution >= 0.6 is 0 Å². The topological polar surface area (TPSA) is 104 Å². The first kappa shape index (κ1) is 30.7. The molecule has 0 amide bonds. The molecule has 0 saturated heterocycles. The normalized spacial score (nSPS) is 18.8. The summed E-state index contributed by atoms with van der Waals surface area (Å²) in [5, 5.41) is 11.9. The monoisotopic (exact) mass is 585 g/mol. The van der Waals surface area contributed by atoms with Gasteiger partial charge in [-0.3, -0.25) is 10.1 Å². The Kier molecular flexibility index (Phi) is 9.91. The van der Waals surface area contributed by atoms with Crippen LogP contribution in [0.15, 0.2) is 113 Å². The Labute approximate surface area is 247 Å². The van der Waals surface area contributed by atoms with Crippen LogP contribution in [-0.4, -0.2) is 30.7 Å². The van der Waals surface area contributed by atoms with E-state index in [4.69, 9.17) is 4.74 Å². The number of sulfone groups is 1. The fourth-order valence-corrected chi connectivity index (χ4v) is 7.23. The zero-order valence-corrected chi connectivity index (χ0v) is 24.8.